The van der Waals surface area contributed by atoms with Gasteiger partial charge < -0.3 is 4.74 Å². The number of fused-ring (bicyclic) bond motifs is 1. The van der Waals surface area contributed by atoms with Gasteiger partial charge in [-0.25, -0.2) is 9.18 Å². The third kappa shape index (κ3) is 4.30. The van der Waals surface area contributed by atoms with Crippen molar-refractivity contribution in [1.29, 1.82) is 0 Å². The molecule has 168 valence electrons. The normalized spacial score (nSPS) is 19.6. The monoisotopic (exact) mass is 498 g/mol. The molecular formula is C26H28BrFN2O2. The third-order valence-electron chi connectivity index (χ3n) is 6.70. The number of aryl methyl sites for hydroxylation is 1. The van der Waals surface area contributed by atoms with Crippen LogP contribution in [0.3, 0.4) is 0 Å². The highest BCUT2D eigenvalue weighted by Crippen LogP contribution is 2.36. The number of hydrogen-bond acceptors (Lipinski definition) is 4. The summed E-state index contributed by atoms with van der Waals surface area (Å²) in [5, 5.41) is 0. The van der Waals surface area contributed by atoms with Gasteiger partial charge in [-0.05, 0) is 67.5 Å². The number of rotatable bonds is 4. The number of carbonyl (C=O) groups excluding carboxylic acids is 1. The van der Waals surface area contributed by atoms with Crippen LogP contribution in [0, 0.1) is 18.7 Å². The van der Waals surface area contributed by atoms with Gasteiger partial charge in [0, 0.05) is 46.6 Å². The van der Waals surface area contributed by atoms with Gasteiger partial charge in [0.2, 0.25) is 0 Å². The fraction of sp³-hybridized carbons (Fsp3) is 0.385. The molecule has 0 spiro atoms. The molecule has 0 bridgehead atoms. The molecule has 2 aliphatic rings. The first-order chi connectivity index (χ1) is 15.3. The van der Waals surface area contributed by atoms with E-state index in [4.69, 9.17) is 4.74 Å². The fourth-order valence-corrected chi connectivity index (χ4v) is 5.38. The molecule has 4 nitrogen and oxygen atoms in total. The van der Waals surface area contributed by atoms with Crippen LogP contribution in [0.2, 0.25) is 0 Å². The summed E-state index contributed by atoms with van der Waals surface area (Å²) >= 11 is 3.67. The average molecular weight is 499 g/mol. The lowest BCUT2D eigenvalue weighted by Crippen LogP contribution is -2.39. The number of benzene rings is 1. The molecule has 0 radical (unpaired) electrons. The summed E-state index contributed by atoms with van der Waals surface area (Å²) in [6, 6.07) is 5.27. The number of carbonyl (C=O) groups is 1. The standard InChI is InChI=1S/C26H28BrFN2O2/c1-15-12-24-21(22(27)5-8-29-24)14-20(15)17(3)30-9-6-18(7-10-30)25-16(2)11-19(13-23(25)28)26(31)32-4/h5-6,8,11,13-15,17H,7,9-10,12H2,1-4H3/t15-,17?/m0/s1. The smallest absolute Gasteiger partial charge is 0.337 e. The van der Waals surface area contributed by atoms with Crippen molar-refractivity contribution in [2.45, 2.75) is 39.7 Å². The van der Waals surface area contributed by atoms with Crippen LogP contribution in [0.25, 0.3) is 11.6 Å². The number of nitrogens with zero attached hydrogens (tertiary/aromatic N) is 2. The van der Waals surface area contributed by atoms with E-state index in [1.807, 2.05) is 19.2 Å². The Morgan fingerprint density at radius 2 is 2.16 bits per heavy atom. The first-order valence-corrected chi connectivity index (χ1v) is 11.8. The summed E-state index contributed by atoms with van der Waals surface area (Å²) in [7, 11) is 1.30. The van der Waals surface area contributed by atoms with Crippen LogP contribution >= 0.6 is 15.9 Å². The Balaban J connectivity index is 1.55. The predicted octanol–water partition coefficient (Wildman–Crippen LogP) is 5.83. The number of hydrogen-bond donors (Lipinski definition) is 0. The molecular weight excluding hydrogens is 471 g/mol. The molecule has 2 heterocycles. The minimum atomic E-state index is -0.519. The lowest BCUT2D eigenvalue weighted by molar-refractivity contribution is 0.0600. The van der Waals surface area contributed by atoms with Crippen LogP contribution in [0.1, 0.15) is 53.0 Å². The van der Waals surface area contributed by atoms with Crippen LogP contribution < -0.4 is 0 Å². The van der Waals surface area contributed by atoms with E-state index < -0.39 is 5.97 Å². The van der Waals surface area contributed by atoms with Crippen LogP contribution in [-0.2, 0) is 11.2 Å². The van der Waals surface area contributed by atoms with Gasteiger partial charge in [-0.15, -0.1) is 0 Å². The van der Waals surface area contributed by atoms with Crippen molar-refractivity contribution in [2.75, 3.05) is 20.2 Å². The van der Waals surface area contributed by atoms with E-state index in [1.165, 1.54) is 24.3 Å². The molecule has 0 N–H and O–H groups in total. The molecule has 2 atom stereocenters. The lowest BCUT2D eigenvalue weighted by atomic mass is 9.83. The Bertz CT molecular complexity index is 1100. The largest absolute Gasteiger partial charge is 0.465 e. The first kappa shape index (κ1) is 22.9. The van der Waals surface area contributed by atoms with Crippen LogP contribution in [-0.4, -0.2) is 42.1 Å². The van der Waals surface area contributed by atoms with E-state index in [-0.39, 0.29) is 17.4 Å². The highest BCUT2D eigenvalue weighted by molar-refractivity contribution is 9.10. The molecule has 2 aromatic rings. The molecule has 1 unspecified atom stereocenters. The second-order valence-electron chi connectivity index (χ2n) is 8.69. The maximum atomic E-state index is 14.9. The molecule has 1 aliphatic heterocycles. The molecule has 1 aromatic carbocycles. The highest BCUT2D eigenvalue weighted by atomic mass is 79.9. The van der Waals surface area contributed by atoms with Gasteiger partial charge in [-0.1, -0.05) is 35.0 Å². The highest BCUT2D eigenvalue weighted by Gasteiger charge is 2.28. The van der Waals surface area contributed by atoms with Gasteiger partial charge in [0.1, 0.15) is 5.82 Å². The number of methoxy groups -OCH3 is 1. The first-order valence-electron chi connectivity index (χ1n) is 11.0. The summed E-state index contributed by atoms with van der Waals surface area (Å²) < 4.78 is 20.7. The zero-order valence-corrected chi connectivity index (χ0v) is 20.5. The summed E-state index contributed by atoms with van der Waals surface area (Å²) in [5.41, 5.74) is 6.36. The van der Waals surface area contributed by atoms with E-state index in [0.29, 0.717) is 11.5 Å². The maximum absolute atomic E-state index is 14.9. The summed E-state index contributed by atoms with van der Waals surface area (Å²) in [4.78, 5) is 18.8. The average Bonchev–Trinajstić information content (AvgIpc) is 2.78. The maximum Gasteiger partial charge on any atom is 0.337 e. The topological polar surface area (TPSA) is 42.4 Å². The summed E-state index contributed by atoms with van der Waals surface area (Å²) in [5.74, 6) is -0.458. The third-order valence-corrected chi connectivity index (χ3v) is 7.39. The van der Waals surface area contributed by atoms with Crippen molar-refractivity contribution in [3.8, 4) is 0 Å². The minimum absolute atomic E-state index is 0.247. The number of halogens is 2. The lowest BCUT2D eigenvalue weighted by Gasteiger charge is -2.37. The molecule has 0 saturated carbocycles. The Kier molecular flexibility index (Phi) is 6.63. The zero-order valence-electron chi connectivity index (χ0n) is 18.9. The summed E-state index contributed by atoms with van der Waals surface area (Å²) in [6.45, 7) is 7.99. The molecule has 6 heteroatoms. The number of pyridine rings is 1. The van der Waals surface area contributed by atoms with Crippen molar-refractivity contribution in [3.05, 3.63) is 74.3 Å². The molecule has 0 saturated heterocycles. The number of ether oxygens (including phenoxy) is 1. The van der Waals surface area contributed by atoms with Gasteiger partial charge in [0.05, 0.1) is 12.7 Å². The minimum Gasteiger partial charge on any atom is -0.465 e. The van der Waals surface area contributed by atoms with Crippen LogP contribution in [0.4, 0.5) is 4.39 Å². The van der Waals surface area contributed by atoms with Crippen molar-refractivity contribution in [1.82, 2.24) is 9.88 Å². The second kappa shape index (κ2) is 9.28. The van der Waals surface area contributed by atoms with Gasteiger partial charge >= 0.3 is 5.97 Å². The van der Waals surface area contributed by atoms with Crippen molar-refractivity contribution in [3.63, 3.8) is 0 Å². The van der Waals surface area contributed by atoms with Crippen LogP contribution in [0.15, 0.2) is 40.5 Å². The van der Waals surface area contributed by atoms with Crippen LogP contribution in [0.5, 0.6) is 0 Å². The zero-order chi connectivity index (χ0) is 23.0. The molecule has 32 heavy (non-hydrogen) atoms. The van der Waals surface area contributed by atoms with Gasteiger partial charge in [-0.2, -0.15) is 0 Å². The Morgan fingerprint density at radius 3 is 2.81 bits per heavy atom. The number of aromatic nitrogens is 1. The predicted molar refractivity (Wildman–Crippen MR) is 129 cm³/mol. The van der Waals surface area contributed by atoms with E-state index in [1.54, 1.807) is 6.07 Å². The van der Waals surface area contributed by atoms with Gasteiger partial charge in [0.15, 0.2) is 0 Å². The second-order valence-corrected chi connectivity index (χ2v) is 9.55. The fourth-order valence-electron chi connectivity index (χ4n) is 4.91. The van der Waals surface area contributed by atoms with Gasteiger partial charge in [0.25, 0.3) is 0 Å². The number of esters is 1. The quantitative estimate of drug-likeness (QED) is 0.497. The van der Waals surface area contributed by atoms with Crippen molar-refractivity contribution in [2.24, 2.45) is 5.92 Å². The van der Waals surface area contributed by atoms with E-state index in [0.717, 1.165) is 47.2 Å². The molecule has 1 aromatic heterocycles. The molecule has 0 amide bonds. The van der Waals surface area contributed by atoms with Crippen molar-refractivity contribution >= 4 is 33.5 Å². The Hall–Kier alpha value is -2.31. The van der Waals surface area contributed by atoms with E-state index in [2.05, 4.69) is 51.8 Å². The Morgan fingerprint density at radius 1 is 1.38 bits per heavy atom. The molecule has 1 aliphatic carbocycles. The molecule has 0 fully saturated rings. The summed E-state index contributed by atoms with van der Waals surface area (Å²) in [6.07, 6.45) is 7.98. The SMILES string of the molecule is COC(=O)c1cc(C)c(C2=CCN(C(C)C3=Cc4c(Br)ccnc4C[C@@H]3C)CC2)c(F)c1. The van der Waals surface area contributed by atoms with Gasteiger partial charge in [-0.3, -0.25) is 9.88 Å². The van der Waals surface area contributed by atoms with E-state index >= 15 is 0 Å². The Labute approximate surface area is 197 Å². The van der Waals surface area contributed by atoms with E-state index in [9.17, 15) is 9.18 Å². The molecule has 4 rings (SSSR count). The van der Waals surface area contributed by atoms with Crippen molar-refractivity contribution < 1.29 is 13.9 Å².